The molecule has 0 bridgehead atoms. The summed E-state index contributed by atoms with van der Waals surface area (Å²) < 4.78 is 7.26. The highest BCUT2D eigenvalue weighted by molar-refractivity contribution is 6.07. The molecule has 0 atom stereocenters. The van der Waals surface area contributed by atoms with Gasteiger partial charge in [-0.1, -0.05) is 12.1 Å². The highest BCUT2D eigenvalue weighted by Gasteiger charge is 2.23. The summed E-state index contributed by atoms with van der Waals surface area (Å²) in [6.45, 7) is 9.41. The number of amides is 1. The summed E-state index contributed by atoms with van der Waals surface area (Å²) in [4.78, 5) is 27.6. The number of hydrogen-bond donors (Lipinski definition) is 1. The van der Waals surface area contributed by atoms with Crippen molar-refractivity contribution in [1.82, 2.24) is 24.6 Å². The second-order valence-corrected chi connectivity index (χ2v) is 8.83. The van der Waals surface area contributed by atoms with Crippen molar-refractivity contribution in [3.05, 3.63) is 48.2 Å². The van der Waals surface area contributed by atoms with E-state index in [4.69, 9.17) is 14.7 Å². The van der Waals surface area contributed by atoms with E-state index in [0.29, 0.717) is 11.2 Å². The maximum Gasteiger partial charge on any atom is 0.255 e. The van der Waals surface area contributed by atoms with E-state index < -0.39 is 0 Å². The number of piperazine rings is 1. The number of carbonyl (C=O) groups excluding carboxylic acids is 1. The van der Waals surface area contributed by atoms with Crippen molar-refractivity contribution in [2.45, 2.75) is 19.9 Å². The molecule has 1 fully saturated rings. The Morgan fingerprint density at radius 2 is 1.91 bits per heavy atom. The molecule has 8 nitrogen and oxygen atoms in total. The Morgan fingerprint density at radius 1 is 1.12 bits per heavy atom. The quantitative estimate of drug-likeness (QED) is 0.491. The number of ether oxygens (including phenoxy) is 1. The summed E-state index contributed by atoms with van der Waals surface area (Å²) in [6, 6.07) is 12.0. The van der Waals surface area contributed by atoms with Crippen molar-refractivity contribution in [2.24, 2.45) is 0 Å². The van der Waals surface area contributed by atoms with Crippen molar-refractivity contribution in [2.75, 3.05) is 51.3 Å². The molecule has 172 valence electrons. The van der Waals surface area contributed by atoms with Crippen LogP contribution in [0.3, 0.4) is 0 Å². The third-order valence-electron chi connectivity index (χ3n) is 6.24. The van der Waals surface area contributed by atoms with E-state index in [-0.39, 0.29) is 11.9 Å². The molecule has 5 rings (SSSR count). The lowest BCUT2D eigenvalue weighted by Gasteiger charge is -2.36. The minimum atomic E-state index is -0.119. The Bertz CT molecular complexity index is 1310. The normalized spacial score (nSPS) is 15.2. The fourth-order valence-corrected chi connectivity index (χ4v) is 4.61. The number of anilines is 1. The van der Waals surface area contributed by atoms with Crippen molar-refractivity contribution in [1.29, 1.82) is 0 Å². The molecule has 33 heavy (non-hydrogen) atoms. The zero-order chi connectivity index (χ0) is 22.9. The number of methoxy groups -OCH3 is 1. The number of nitrogens with zero attached hydrogens (tertiary/aromatic N) is 5. The lowest BCUT2D eigenvalue weighted by molar-refractivity contribution is 0.0944. The smallest absolute Gasteiger partial charge is 0.255 e. The molecule has 4 aromatic rings. The predicted molar refractivity (Wildman–Crippen MR) is 131 cm³/mol. The van der Waals surface area contributed by atoms with Gasteiger partial charge in [0.2, 0.25) is 0 Å². The predicted octanol–water partition coefficient (Wildman–Crippen LogP) is 2.94. The molecular weight excluding hydrogens is 416 g/mol. The van der Waals surface area contributed by atoms with Gasteiger partial charge in [-0.3, -0.25) is 14.1 Å². The van der Waals surface area contributed by atoms with Crippen LogP contribution in [0.1, 0.15) is 24.2 Å². The molecule has 1 N–H and O–H groups in total. The van der Waals surface area contributed by atoms with Crippen LogP contribution in [0.2, 0.25) is 0 Å². The first-order valence-corrected chi connectivity index (χ1v) is 11.5. The molecular formula is C25H30N6O2. The summed E-state index contributed by atoms with van der Waals surface area (Å²) in [7, 11) is 1.74. The Balaban J connectivity index is 1.65. The fraction of sp³-hybridized carbons (Fsp3) is 0.400. The molecule has 0 spiro atoms. The van der Waals surface area contributed by atoms with Crippen LogP contribution in [0.15, 0.2) is 42.6 Å². The Labute approximate surface area is 193 Å². The summed E-state index contributed by atoms with van der Waals surface area (Å²) in [5.74, 6) is -0.119. The average molecular weight is 447 g/mol. The van der Waals surface area contributed by atoms with Crippen LogP contribution in [0.4, 0.5) is 5.69 Å². The van der Waals surface area contributed by atoms with Crippen LogP contribution in [0.25, 0.3) is 27.7 Å². The van der Waals surface area contributed by atoms with Crippen LogP contribution in [0.5, 0.6) is 0 Å². The van der Waals surface area contributed by atoms with Gasteiger partial charge in [0.1, 0.15) is 5.65 Å². The molecule has 0 radical (unpaired) electrons. The molecule has 1 saturated heterocycles. The minimum Gasteiger partial charge on any atom is -0.383 e. The van der Waals surface area contributed by atoms with Gasteiger partial charge in [-0.15, -0.1) is 0 Å². The van der Waals surface area contributed by atoms with E-state index >= 15 is 0 Å². The molecule has 8 heteroatoms. The average Bonchev–Trinajstić information content (AvgIpc) is 3.21. The molecule has 4 heterocycles. The number of rotatable bonds is 6. The minimum absolute atomic E-state index is 0.0335. The Morgan fingerprint density at radius 3 is 2.67 bits per heavy atom. The third kappa shape index (κ3) is 4.00. The second-order valence-electron chi connectivity index (χ2n) is 8.83. The number of imidazole rings is 1. The topological polar surface area (TPSA) is 75.0 Å². The van der Waals surface area contributed by atoms with Crippen LogP contribution < -0.4 is 10.2 Å². The van der Waals surface area contributed by atoms with E-state index in [1.54, 1.807) is 7.11 Å². The molecule has 1 aliphatic heterocycles. The lowest BCUT2D eigenvalue weighted by atomic mass is 10.1. The van der Waals surface area contributed by atoms with Gasteiger partial charge in [0.25, 0.3) is 5.91 Å². The number of aromatic nitrogens is 3. The van der Waals surface area contributed by atoms with Crippen LogP contribution in [-0.4, -0.2) is 77.7 Å². The fourth-order valence-electron chi connectivity index (χ4n) is 4.61. The summed E-state index contributed by atoms with van der Waals surface area (Å²) >= 11 is 0. The highest BCUT2D eigenvalue weighted by atomic mass is 16.5. The van der Waals surface area contributed by atoms with Gasteiger partial charge >= 0.3 is 0 Å². The first-order chi connectivity index (χ1) is 16.1. The highest BCUT2D eigenvalue weighted by Crippen LogP contribution is 2.31. The molecule has 0 saturated carbocycles. The number of benzene rings is 1. The number of carbonyl (C=O) groups is 1. The van der Waals surface area contributed by atoms with Crippen molar-refractivity contribution in [3.63, 3.8) is 0 Å². The summed E-state index contributed by atoms with van der Waals surface area (Å²) in [5, 5.41) is 4.00. The van der Waals surface area contributed by atoms with Crippen LogP contribution in [0, 0.1) is 0 Å². The maximum atomic E-state index is 13.2. The molecule has 1 aliphatic rings. The van der Waals surface area contributed by atoms with Gasteiger partial charge in [-0.05, 0) is 38.1 Å². The molecule has 1 amide bonds. The van der Waals surface area contributed by atoms with Gasteiger partial charge in [0, 0.05) is 63.1 Å². The van der Waals surface area contributed by atoms with E-state index in [9.17, 15) is 4.79 Å². The van der Waals surface area contributed by atoms with Gasteiger partial charge in [-0.2, -0.15) is 0 Å². The van der Waals surface area contributed by atoms with Crippen LogP contribution in [-0.2, 0) is 4.74 Å². The van der Waals surface area contributed by atoms with Gasteiger partial charge in [0.05, 0.1) is 23.2 Å². The molecule has 0 unspecified atom stereocenters. The monoisotopic (exact) mass is 446 g/mol. The van der Waals surface area contributed by atoms with E-state index in [0.717, 1.165) is 67.1 Å². The maximum absolute atomic E-state index is 13.2. The summed E-state index contributed by atoms with van der Waals surface area (Å²) in [6.07, 6.45) is 1.86. The zero-order valence-corrected chi connectivity index (χ0v) is 19.4. The van der Waals surface area contributed by atoms with E-state index in [2.05, 4.69) is 21.2 Å². The lowest BCUT2D eigenvalue weighted by Crippen LogP contribution is -2.47. The van der Waals surface area contributed by atoms with Crippen LogP contribution >= 0.6 is 0 Å². The Hall–Kier alpha value is -3.23. The standard InChI is InChI=1S/C25H30N6O2/c1-17(2)27-25(32)19-16-18-21(30-12-10-29(11-13-30)14-15-33-3)8-9-26-23(18)31-22-7-5-4-6-20(22)28-24(19)31/h4-9,16-17H,10-15H2,1-3H3,(H,27,32). The number of hydrogen-bond acceptors (Lipinski definition) is 6. The van der Waals surface area contributed by atoms with E-state index in [1.165, 1.54) is 0 Å². The zero-order valence-electron chi connectivity index (χ0n) is 19.4. The summed E-state index contributed by atoms with van der Waals surface area (Å²) in [5.41, 5.74) is 4.92. The van der Waals surface area contributed by atoms with Gasteiger partial charge in [-0.25, -0.2) is 9.97 Å². The SMILES string of the molecule is COCCN1CCN(c2ccnc3c2cc(C(=O)NC(C)C)c2nc4ccccc4n23)CC1. The molecule has 1 aromatic carbocycles. The number of pyridine rings is 2. The van der Waals surface area contributed by atoms with E-state index in [1.807, 2.05) is 54.8 Å². The van der Waals surface area contributed by atoms with Crippen molar-refractivity contribution >= 4 is 39.3 Å². The largest absolute Gasteiger partial charge is 0.383 e. The second kappa shape index (κ2) is 8.96. The molecule has 3 aromatic heterocycles. The van der Waals surface area contributed by atoms with Gasteiger partial charge in [0.15, 0.2) is 5.65 Å². The number of fused-ring (bicyclic) bond motifs is 5. The number of nitrogens with one attached hydrogen (secondary N) is 1. The first-order valence-electron chi connectivity index (χ1n) is 11.5. The van der Waals surface area contributed by atoms with Crippen molar-refractivity contribution in [3.8, 4) is 0 Å². The third-order valence-corrected chi connectivity index (χ3v) is 6.24. The first kappa shape index (κ1) is 21.6. The molecule has 0 aliphatic carbocycles. The Kier molecular flexibility index (Phi) is 5.86. The van der Waals surface area contributed by atoms with Crippen molar-refractivity contribution < 1.29 is 9.53 Å². The van der Waals surface area contributed by atoms with Gasteiger partial charge < -0.3 is 15.0 Å². The number of para-hydroxylation sites is 2.